The van der Waals surface area contributed by atoms with Crippen LogP contribution in [0.2, 0.25) is 0 Å². The lowest BCUT2D eigenvalue weighted by Crippen LogP contribution is -2.21. The average Bonchev–Trinajstić information content (AvgIpc) is 2.81. The molecule has 1 atom stereocenters. The third kappa shape index (κ3) is 2.00. The number of nitrogens with zero attached hydrogens (tertiary/aromatic N) is 1. The maximum Gasteiger partial charge on any atom is 0.125 e. The molecule has 2 rings (SSSR count). The smallest absolute Gasteiger partial charge is 0.125 e. The van der Waals surface area contributed by atoms with E-state index in [2.05, 4.69) is 11.0 Å². The number of nitrogens with two attached hydrogens (primary N) is 1. The third-order valence-corrected chi connectivity index (χ3v) is 3.17. The lowest BCUT2D eigenvalue weighted by atomic mass is 10.0. The van der Waals surface area contributed by atoms with Crippen LogP contribution in [0.15, 0.2) is 18.2 Å². The highest BCUT2D eigenvalue weighted by Gasteiger charge is 2.20. The minimum absolute atomic E-state index is 0.00625. The van der Waals surface area contributed by atoms with Gasteiger partial charge in [-0.2, -0.15) is 0 Å². The normalized spacial score (nSPS) is 17.6. The summed E-state index contributed by atoms with van der Waals surface area (Å²) in [5, 5.41) is 0. The first kappa shape index (κ1) is 11.3. The zero-order valence-electron chi connectivity index (χ0n) is 10.1. The number of rotatable bonds is 3. The van der Waals surface area contributed by atoms with Gasteiger partial charge in [0.15, 0.2) is 0 Å². The van der Waals surface area contributed by atoms with Crippen LogP contribution >= 0.6 is 0 Å². The molecule has 0 saturated carbocycles. The first-order valence-corrected chi connectivity index (χ1v) is 5.91. The van der Waals surface area contributed by atoms with Gasteiger partial charge in [-0.1, -0.05) is 6.07 Å². The molecular formula is C13H20N2O. The molecule has 1 saturated heterocycles. The van der Waals surface area contributed by atoms with Crippen LogP contribution in [0, 0.1) is 0 Å². The monoisotopic (exact) mass is 220 g/mol. The van der Waals surface area contributed by atoms with Crippen molar-refractivity contribution in [2.75, 3.05) is 25.1 Å². The van der Waals surface area contributed by atoms with Crippen LogP contribution in [0.25, 0.3) is 0 Å². The predicted molar refractivity (Wildman–Crippen MR) is 67.0 cm³/mol. The van der Waals surface area contributed by atoms with Crippen molar-refractivity contribution in [2.24, 2.45) is 5.73 Å². The van der Waals surface area contributed by atoms with Gasteiger partial charge in [0.2, 0.25) is 0 Å². The molecular weight excluding hydrogens is 200 g/mol. The van der Waals surface area contributed by atoms with Crippen LogP contribution in [-0.2, 0) is 0 Å². The molecule has 1 aromatic rings. The van der Waals surface area contributed by atoms with E-state index in [1.807, 2.05) is 19.1 Å². The molecule has 1 aromatic carbocycles. The van der Waals surface area contributed by atoms with Gasteiger partial charge >= 0.3 is 0 Å². The molecule has 0 amide bonds. The van der Waals surface area contributed by atoms with Crippen LogP contribution in [0.5, 0.6) is 5.75 Å². The van der Waals surface area contributed by atoms with E-state index in [-0.39, 0.29) is 6.04 Å². The van der Waals surface area contributed by atoms with E-state index >= 15 is 0 Å². The molecule has 0 radical (unpaired) electrons. The minimum Gasteiger partial charge on any atom is -0.496 e. The van der Waals surface area contributed by atoms with Crippen molar-refractivity contribution in [2.45, 2.75) is 25.8 Å². The van der Waals surface area contributed by atoms with E-state index in [9.17, 15) is 0 Å². The minimum atomic E-state index is 0.00625. The topological polar surface area (TPSA) is 38.5 Å². The SMILES string of the molecule is COc1cccc(N2CCCC2)c1[C@H](C)N. The summed E-state index contributed by atoms with van der Waals surface area (Å²) in [6, 6.07) is 6.18. The van der Waals surface area contributed by atoms with Crippen molar-refractivity contribution >= 4 is 5.69 Å². The molecule has 1 heterocycles. The Labute approximate surface area is 97.2 Å². The average molecular weight is 220 g/mol. The summed E-state index contributed by atoms with van der Waals surface area (Å²) >= 11 is 0. The Morgan fingerprint density at radius 1 is 1.31 bits per heavy atom. The molecule has 0 unspecified atom stereocenters. The Kier molecular flexibility index (Phi) is 3.34. The van der Waals surface area contributed by atoms with E-state index in [4.69, 9.17) is 10.5 Å². The van der Waals surface area contributed by atoms with Crippen molar-refractivity contribution in [1.82, 2.24) is 0 Å². The van der Waals surface area contributed by atoms with E-state index in [0.29, 0.717) is 0 Å². The summed E-state index contributed by atoms with van der Waals surface area (Å²) in [5.41, 5.74) is 8.43. The van der Waals surface area contributed by atoms with Gasteiger partial charge in [-0.15, -0.1) is 0 Å². The number of ether oxygens (including phenoxy) is 1. The fourth-order valence-electron chi connectivity index (χ4n) is 2.40. The maximum atomic E-state index is 6.05. The number of anilines is 1. The highest BCUT2D eigenvalue weighted by Crippen LogP contribution is 2.34. The fraction of sp³-hybridized carbons (Fsp3) is 0.538. The second-order valence-corrected chi connectivity index (χ2v) is 4.38. The molecule has 0 aromatic heterocycles. The molecule has 16 heavy (non-hydrogen) atoms. The first-order valence-electron chi connectivity index (χ1n) is 5.91. The fourth-order valence-corrected chi connectivity index (χ4v) is 2.40. The van der Waals surface area contributed by atoms with E-state index in [1.54, 1.807) is 7.11 Å². The molecule has 0 aliphatic carbocycles. The third-order valence-electron chi connectivity index (χ3n) is 3.17. The zero-order chi connectivity index (χ0) is 11.5. The standard InChI is InChI=1S/C13H20N2O/c1-10(14)13-11(15-8-3-4-9-15)6-5-7-12(13)16-2/h5-7,10H,3-4,8-9,14H2,1-2H3/t10-/m0/s1. The van der Waals surface area contributed by atoms with Gasteiger partial charge in [0.05, 0.1) is 7.11 Å². The van der Waals surface area contributed by atoms with Gasteiger partial charge in [-0.05, 0) is 31.9 Å². The molecule has 1 fully saturated rings. The maximum absolute atomic E-state index is 6.05. The van der Waals surface area contributed by atoms with E-state index < -0.39 is 0 Å². The van der Waals surface area contributed by atoms with Crippen molar-refractivity contribution in [3.05, 3.63) is 23.8 Å². The van der Waals surface area contributed by atoms with Gasteiger partial charge in [0, 0.05) is 30.4 Å². The predicted octanol–water partition coefficient (Wildman–Crippen LogP) is 2.32. The van der Waals surface area contributed by atoms with E-state index in [1.165, 1.54) is 18.5 Å². The summed E-state index contributed by atoms with van der Waals surface area (Å²) in [5.74, 6) is 0.902. The summed E-state index contributed by atoms with van der Waals surface area (Å²) in [7, 11) is 1.70. The molecule has 2 N–H and O–H groups in total. The van der Waals surface area contributed by atoms with Crippen LogP contribution < -0.4 is 15.4 Å². The molecule has 0 spiro atoms. The van der Waals surface area contributed by atoms with Gasteiger partial charge < -0.3 is 15.4 Å². The lowest BCUT2D eigenvalue weighted by Gasteiger charge is -2.24. The van der Waals surface area contributed by atoms with E-state index in [0.717, 1.165) is 24.4 Å². The van der Waals surface area contributed by atoms with Crippen molar-refractivity contribution < 1.29 is 4.74 Å². The highest BCUT2D eigenvalue weighted by atomic mass is 16.5. The summed E-state index contributed by atoms with van der Waals surface area (Å²) < 4.78 is 5.40. The Bertz CT molecular complexity index is 357. The molecule has 1 aliphatic heterocycles. The van der Waals surface area contributed by atoms with Crippen molar-refractivity contribution in [1.29, 1.82) is 0 Å². The lowest BCUT2D eigenvalue weighted by molar-refractivity contribution is 0.407. The number of benzene rings is 1. The Morgan fingerprint density at radius 2 is 2.00 bits per heavy atom. The second kappa shape index (κ2) is 4.74. The molecule has 3 heteroatoms. The molecule has 1 aliphatic rings. The molecule has 0 bridgehead atoms. The van der Waals surface area contributed by atoms with Gasteiger partial charge in [0.1, 0.15) is 5.75 Å². The number of hydrogen-bond acceptors (Lipinski definition) is 3. The second-order valence-electron chi connectivity index (χ2n) is 4.38. The highest BCUT2D eigenvalue weighted by molar-refractivity contribution is 5.61. The summed E-state index contributed by atoms with van der Waals surface area (Å²) in [6.45, 7) is 4.27. The zero-order valence-corrected chi connectivity index (χ0v) is 10.1. The Balaban J connectivity index is 2.42. The summed E-state index contributed by atoms with van der Waals surface area (Å²) in [6.07, 6.45) is 2.55. The van der Waals surface area contributed by atoms with Crippen LogP contribution in [0.4, 0.5) is 5.69 Å². The van der Waals surface area contributed by atoms with Crippen LogP contribution in [0.3, 0.4) is 0 Å². The van der Waals surface area contributed by atoms with Crippen molar-refractivity contribution in [3.63, 3.8) is 0 Å². The number of methoxy groups -OCH3 is 1. The first-order chi connectivity index (χ1) is 7.74. The Hall–Kier alpha value is -1.22. The Morgan fingerprint density at radius 3 is 2.56 bits per heavy atom. The molecule has 88 valence electrons. The van der Waals surface area contributed by atoms with Gasteiger partial charge in [0.25, 0.3) is 0 Å². The van der Waals surface area contributed by atoms with Gasteiger partial charge in [-0.3, -0.25) is 0 Å². The molecule has 3 nitrogen and oxygen atoms in total. The summed E-state index contributed by atoms with van der Waals surface area (Å²) in [4.78, 5) is 2.40. The van der Waals surface area contributed by atoms with Crippen LogP contribution in [-0.4, -0.2) is 20.2 Å². The van der Waals surface area contributed by atoms with Crippen molar-refractivity contribution in [3.8, 4) is 5.75 Å². The number of hydrogen-bond donors (Lipinski definition) is 1. The largest absolute Gasteiger partial charge is 0.496 e. The quantitative estimate of drug-likeness (QED) is 0.849. The van der Waals surface area contributed by atoms with Crippen LogP contribution in [0.1, 0.15) is 31.4 Å². The van der Waals surface area contributed by atoms with Gasteiger partial charge in [-0.25, -0.2) is 0 Å².